The topological polar surface area (TPSA) is 26.3 Å². The number of aryl methyl sites for hydroxylation is 2. The molecule has 0 radical (unpaired) electrons. The number of hydrogen-bond acceptors (Lipinski definition) is 2. The number of hydrogen-bond donors (Lipinski definition) is 0. The molecule has 1 rings (SSSR count). The molecule has 0 aliphatic carbocycles. The van der Waals surface area contributed by atoms with Gasteiger partial charge in [-0.1, -0.05) is 13.3 Å². The molecule has 2 heteroatoms. The normalized spacial score (nSPS) is 10.2. The van der Waals surface area contributed by atoms with Gasteiger partial charge in [-0.25, -0.2) is 0 Å². The zero-order valence-corrected chi connectivity index (χ0v) is 10.6. The predicted molar refractivity (Wildman–Crippen MR) is 66.3 cm³/mol. The Hall–Kier alpha value is -1.31. The highest BCUT2D eigenvalue weighted by molar-refractivity contribution is 5.98. The van der Waals surface area contributed by atoms with Crippen molar-refractivity contribution in [2.24, 2.45) is 0 Å². The van der Waals surface area contributed by atoms with Crippen molar-refractivity contribution >= 4 is 5.78 Å². The molecule has 16 heavy (non-hydrogen) atoms. The Morgan fingerprint density at radius 3 is 2.25 bits per heavy atom. The van der Waals surface area contributed by atoms with Gasteiger partial charge in [-0.2, -0.15) is 0 Å². The molecule has 0 atom stereocenters. The smallest absolute Gasteiger partial charge is 0.163 e. The molecule has 0 bridgehead atoms. The molecule has 0 aromatic heterocycles. The number of rotatable bonds is 5. The van der Waals surface area contributed by atoms with Gasteiger partial charge in [0.25, 0.3) is 0 Å². The molecule has 0 aliphatic heterocycles. The molecule has 0 heterocycles. The molecule has 0 unspecified atom stereocenters. The van der Waals surface area contributed by atoms with E-state index in [1.165, 1.54) is 0 Å². The number of carbonyl (C=O) groups excluding carboxylic acids is 1. The van der Waals surface area contributed by atoms with Gasteiger partial charge in [-0.15, -0.1) is 0 Å². The van der Waals surface area contributed by atoms with Crippen molar-refractivity contribution in [1.82, 2.24) is 0 Å². The van der Waals surface area contributed by atoms with Gasteiger partial charge < -0.3 is 4.74 Å². The zero-order valence-electron chi connectivity index (χ0n) is 10.6. The number of Topliss-reactive ketones (excluding diaryl/α,β-unsaturated/α-hetero) is 1. The summed E-state index contributed by atoms with van der Waals surface area (Å²) >= 11 is 0. The van der Waals surface area contributed by atoms with Crippen molar-refractivity contribution in [2.45, 2.75) is 40.0 Å². The van der Waals surface area contributed by atoms with Crippen molar-refractivity contribution < 1.29 is 9.53 Å². The molecule has 1 aromatic carbocycles. The van der Waals surface area contributed by atoms with Gasteiger partial charge >= 0.3 is 0 Å². The second-order valence-corrected chi connectivity index (χ2v) is 4.16. The van der Waals surface area contributed by atoms with E-state index >= 15 is 0 Å². The van der Waals surface area contributed by atoms with E-state index in [4.69, 9.17) is 4.74 Å². The van der Waals surface area contributed by atoms with Crippen LogP contribution in [0.3, 0.4) is 0 Å². The second kappa shape index (κ2) is 5.69. The molecule has 88 valence electrons. The number of methoxy groups -OCH3 is 1. The van der Waals surface area contributed by atoms with Gasteiger partial charge in [-0.05, 0) is 43.5 Å². The van der Waals surface area contributed by atoms with Crippen molar-refractivity contribution in [3.05, 3.63) is 28.8 Å². The Labute approximate surface area is 97.6 Å². The second-order valence-electron chi connectivity index (χ2n) is 4.16. The van der Waals surface area contributed by atoms with Crippen LogP contribution in [0.1, 0.15) is 47.7 Å². The third-order valence-electron chi connectivity index (χ3n) is 2.78. The van der Waals surface area contributed by atoms with Crippen molar-refractivity contribution in [3.63, 3.8) is 0 Å². The lowest BCUT2D eigenvalue weighted by Crippen LogP contribution is -2.05. The van der Waals surface area contributed by atoms with Crippen LogP contribution in [-0.2, 0) is 0 Å². The highest BCUT2D eigenvalue weighted by Gasteiger charge is 2.12. The minimum atomic E-state index is 0.250. The van der Waals surface area contributed by atoms with Gasteiger partial charge in [0.15, 0.2) is 5.78 Å². The molecule has 0 N–H and O–H groups in total. The maximum Gasteiger partial charge on any atom is 0.163 e. The molecule has 0 amide bonds. The molecule has 0 saturated carbocycles. The minimum Gasteiger partial charge on any atom is -0.497 e. The zero-order chi connectivity index (χ0) is 12.1. The van der Waals surface area contributed by atoms with Crippen molar-refractivity contribution in [1.29, 1.82) is 0 Å². The van der Waals surface area contributed by atoms with E-state index in [0.717, 1.165) is 35.3 Å². The highest BCUT2D eigenvalue weighted by Crippen LogP contribution is 2.23. The Morgan fingerprint density at radius 1 is 1.25 bits per heavy atom. The summed E-state index contributed by atoms with van der Waals surface area (Å²) in [4.78, 5) is 12.0. The fourth-order valence-electron chi connectivity index (χ4n) is 1.94. The minimum absolute atomic E-state index is 0.250. The Kier molecular flexibility index (Phi) is 4.53. The highest BCUT2D eigenvalue weighted by atomic mass is 16.5. The Balaban J connectivity index is 3.00. The Bertz CT molecular complexity index is 357. The largest absolute Gasteiger partial charge is 0.497 e. The third-order valence-corrected chi connectivity index (χ3v) is 2.78. The first-order valence-electron chi connectivity index (χ1n) is 5.78. The van der Waals surface area contributed by atoms with Crippen LogP contribution in [0, 0.1) is 13.8 Å². The van der Waals surface area contributed by atoms with Crippen LogP contribution in [0.15, 0.2) is 12.1 Å². The fourth-order valence-corrected chi connectivity index (χ4v) is 1.94. The monoisotopic (exact) mass is 220 g/mol. The van der Waals surface area contributed by atoms with Gasteiger partial charge in [0.2, 0.25) is 0 Å². The molecule has 0 spiro atoms. The molecule has 0 saturated heterocycles. The van der Waals surface area contributed by atoms with E-state index < -0.39 is 0 Å². The standard InChI is InChI=1S/C14H20O2/c1-5-6-7-13(15)14-10(2)8-12(16-4)9-11(14)3/h8-9H,5-7H2,1-4H3. The van der Waals surface area contributed by atoms with Gasteiger partial charge in [-0.3, -0.25) is 4.79 Å². The van der Waals surface area contributed by atoms with Crippen molar-refractivity contribution in [2.75, 3.05) is 7.11 Å². The van der Waals surface area contributed by atoms with Crippen molar-refractivity contribution in [3.8, 4) is 5.75 Å². The quantitative estimate of drug-likeness (QED) is 0.707. The average Bonchev–Trinajstić information content (AvgIpc) is 2.25. The van der Waals surface area contributed by atoms with Gasteiger partial charge in [0.05, 0.1) is 7.11 Å². The number of carbonyl (C=O) groups is 1. The molecule has 2 nitrogen and oxygen atoms in total. The van der Waals surface area contributed by atoms with Crippen LogP contribution in [0.25, 0.3) is 0 Å². The fraction of sp³-hybridized carbons (Fsp3) is 0.500. The summed E-state index contributed by atoms with van der Waals surface area (Å²) < 4.78 is 5.18. The molecular formula is C14H20O2. The summed E-state index contributed by atoms with van der Waals surface area (Å²) in [5, 5.41) is 0. The van der Waals surface area contributed by atoms with Crippen LogP contribution < -0.4 is 4.74 Å². The van der Waals surface area contributed by atoms with Crippen LogP contribution >= 0.6 is 0 Å². The summed E-state index contributed by atoms with van der Waals surface area (Å²) in [6.45, 7) is 6.03. The number of unbranched alkanes of at least 4 members (excludes halogenated alkanes) is 1. The lowest BCUT2D eigenvalue weighted by molar-refractivity contribution is 0.0978. The van der Waals surface area contributed by atoms with Crippen LogP contribution in [0.4, 0.5) is 0 Å². The number of benzene rings is 1. The van der Waals surface area contributed by atoms with Crippen LogP contribution in [0.5, 0.6) is 5.75 Å². The lowest BCUT2D eigenvalue weighted by atomic mass is 9.96. The molecular weight excluding hydrogens is 200 g/mol. The van der Waals surface area contributed by atoms with E-state index in [1.807, 2.05) is 26.0 Å². The summed E-state index contributed by atoms with van der Waals surface area (Å²) in [7, 11) is 1.65. The first kappa shape index (κ1) is 12.8. The van der Waals surface area contributed by atoms with E-state index in [1.54, 1.807) is 7.11 Å². The van der Waals surface area contributed by atoms with Gasteiger partial charge in [0.1, 0.15) is 5.75 Å². The van der Waals surface area contributed by atoms with E-state index in [2.05, 4.69) is 6.92 Å². The van der Waals surface area contributed by atoms with Crippen LogP contribution in [0.2, 0.25) is 0 Å². The first-order valence-corrected chi connectivity index (χ1v) is 5.78. The summed E-state index contributed by atoms with van der Waals surface area (Å²) in [5.74, 6) is 1.07. The number of ketones is 1. The lowest BCUT2D eigenvalue weighted by Gasteiger charge is -2.11. The summed E-state index contributed by atoms with van der Waals surface area (Å²) in [6.07, 6.45) is 2.66. The molecule has 0 fully saturated rings. The Morgan fingerprint density at radius 2 is 1.81 bits per heavy atom. The van der Waals surface area contributed by atoms with E-state index in [0.29, 0.717) is 6.42 Å². The van der Waals surface area contributed by atoms with E-state index in [-0.39, 0.29) is 5.78 Å². The molecule has 0 aliphatic rings. The maximum atomic E-state index is 12.0. The van der Waals surface area contributed by atoms with Crippen LogP contribution in [-0.4, -0.2) is 12.9 Å². The van der Waals surface area contributed by atoms with Gasteiger partial charge in [0, 0.05) is 12.0 Å². The SMILES string of the molecule is CCCCC(=O)c1c(C)cc(OC)cc1C. The number of ether oxygens (including phenoxy) is 1. The third kappa shape index (κ3) is 2.84. The summed E-state index contributed by atoms with van der Waals surface area (Å²) in [5.41, 5.74) is 2.89. The first-order chi connectivity index (χ1) is 7.60. The maximum absolute atomic E-state index is 12.0. The predicted octanol–water partition coefficient (Wildman–Crippen LogP) is 3.68. The summed E-state index contributed by atoms with van der Waals surface area (Å²) in [6, 6.07) is 3.85. The average molecular weight is 220 g/mol. The van der Waals surface area contributed by atoms with E-state index in [9.17, 15) is 4.79 Å². The molecule has 1 aromatic rings.